The van der Waals surface area contributed by atoms with Crippen molar-refractivity contribution in [2.75, 3.05) is 0 Å². The third-order valence-corrected chi connectivity index (χ3v) is 2.01. The van der Waals surface area contributed by atoms with Crippen LogP contribution in [0.3, 0.4) is 0 Å². The average Bonchev–Trinajstić information content (AvgIpc) is 2.52. The lowest BCUT2D eigenvalue weighted by molar-refractivity contribution is 0.616. The topological polar surface area (TPSA) is 36.9 Å². The van der Waals surface area contributed by atoms with E-state index in [0.29, 0.717) is 16.2 Å². The van der Waals surface area contributed by atoms with Gasteiger partial charge in [-0.1, -0.05) is 11.6 Å². The molecule has 0 bridgehead atoms. The van der Waals surface area contributed by atoms with Gasteiger partial charge < -0.3 is 4.42 Å². The van der Waals surface area contributed by atoms with Gasteiger partial charge in [0.1, 0.15) is 11.7 Å². The zero-order valence-electron chi connectivity index (χ0n) is 6.04. The van der Waals surface area contributed by atoms with Crippen LogP contribution in [-0.4, -0.2) is 0 Å². The average molecular weight is 178 g/mol. The Morgan fingerprint density at radius 2 is 2.17 bits per heavy atom. The molecule has 12 heavy (non-hydrogen) atoms. The Bertz CT molecular complexity index is 467. The molecule has 0 fully saturated rings. The molecule has 1 aromatic carbocycles. The van der Waals surface area contributed by atoms with E-state index in [1.165, 1.54) is 0 Å². The number of fused-ring (bicyclic) bond motifs is 1. The molecule has 3 heteroatoms. The summed E-state index contributed by atoms with van der Waals surface area (Å²) >= 11 is 5.80. The zero-order valence-corrected chi connectivity index (χ0v) is 6.80. The smallest absolute Gasteiger partial charge is 0.135 e. The molecule has 1 aromatic heterocycles. The van der Waals surface area contributed by atoms with Crippen LogP contribution < -0.4 is 0 Å². The molecule has 0 aliphatic carbocycles. The highest BCUT2D eigenvalue weighted by Crippen LogP contribution is 2.25. The second kappa shape index (κ2) is 2.54. The first-order valence-corrected chi connectivity index (χ1v) is 3.76. The molecule has 0 aliphatic rings. The van der Waals surface area contributed by atoms with Crippen LogP contribution >= 0.6 is 11.6 Å². The largest absolute Gasteiger partial charge is 0.464 e. The number of halogens is 1. The second-order valence-corrected chi connectivity index (χ2v) is 2.77. The molecule has 0 saturated carbocycles. The van der Waals surface area contributed by atoms with E-state index in [1.807, 2.05) is 6.07 Å². The van der Waals surface area contributed by atoms with Crippen molar-refractivity contribution in [1.29, 1.82) is 5.26 Å². The number of nitriles is 1. The van der Waals surface area contributed by atoms with Crippen molar-refractivity contribution >= 4 is 22.6 Å². The van der Waals surface area contributed by atoms with Crippen molar-refractivity contribution in [1.82, 2.24) is 0 Å². The van der Waals surface area contributed by atoms with Gasteiger partial charge in [0.15, 0.2) is 0 Å². The molecule has 0 N–H and O–H groups in total. The molecule has 0 atom stereocenters. The fourth-order valence-electron chi connectivity index (χ4n) is 1.13. The molecule has 0 aliphatic heterocycles. The molecule has 0 amide bonds. The van der Waals surface area contributed by atoms with E-state index in [9.17, 15) is 0 Å². The number of hydrogen-bond donors (Lipinski definition) is 0. The lowest BCUT2D eigenvalue weighted by Crippen LogP contribution is -1.76. The molecule has 2 aromatic rings. The predicted molar refractivity (Wildman–Crippen MR) is 45.9 cm³/mol. The highest BCUT2D eigenvalue weighted by molar-refractivity contribution is 6.32. The molecular formula is C9H4ClNO. The summed E-state index contributed by atoms with van der Waals surface area (Å²) in [6, 6.07) is 7.18. The van der Waals surface area contributed by atoms with Gasteiger partial charge in [-0.25, -0.2) is 0 Å². The standard InChI is InChI=1S/C9H4ClNO/c10-8-1-2-9-6(3-4-12-9)7(8)5-11/h1-4H. The van der Waals surface area contributed by atoms with Crippen molar-refractivity contribution in [3.8, 4) is 6.07 Å². The van der Waals surface area contributed by atoms with Crippen LogP contribution in [0.25, 0.3) is 11.0 Å². The van der Waals surface area contributed by atoms with Crippen LogP contribution in [0.2, 0.25) is 5.02 Å². The Balaban J connectivity index is 2.94. The highest BCUT2D eigenvalue weighted by Gasteiger charge is 2.06. The van der Waals surface area contributed by atoms with Crippen molar-refractivity contribution in [2.45, 2.75) is 0 Å². The Hall–Kier alpha value is -1.46. The van der Waals surface area contributed by atoms with Gasteiger partial charge in [-0.15, -0.1) is 0 Å². The van der Waals surface area contributed by atoms with E-state index in [2.05, 4.69) is 0 Å². The molecule has 58 valence electrons. The molecule has 2 nitrogen and oxygen atoms in total. The maximum atomic E-state index is 8.76. The number of rotatable bonds is 0. The molecule has 0 spiro atoms. The summed E-state index contributed by atoms with van der Waals surface area (Å²) < 4.78 is 5.11. The van der Waals surface area contributed by atoms with E-state index in [1.54, 1.807) is 24.5 Å². The number of nitrogens with zero attached hydrogens (tertiary/aromatic N) is 1. The minimum Gasteiger partial charge on any atom is -0.464 e. The lowest BCUT2D eigenvalue weighted by atomic mass is 10.1. The molecule has 0 radical (unpaired) electrons. The Kier molecular flexibility index (Phi) is 1.53. The molecule has 2 rings (SSSR count). The van der Waals surface area contributed by atoms with Crippen LogP contribution in [0, 0.1) is 11.3 Å². The van der Waals surface area contributed by atoms with Gasteiger partial charge in [0.2, 0.25) is 0 Å². The first-order chi connectivity index (χ1) is 5.83. The number of furan rings is 1. The van der Waals surface area contributed by atoms with Gasteiger partial charge in [0, 0.05) is 5.39 Å². The minimum absolute atomic E-state index is 0.464. The fraction of sp³-hybridized carbons (Fsp3) is 0. The van der Waals surface area contributed by atoms with Crippen molar-refractivity contribution in [2.24, 2.45) is 0 Å². The summed E-state index contributed by atoms with van der Waals surface area (Å²) in [4.78, 5) is 0. The monoisotopic (exact) mass is 177 g/mol. The molecule has 0 unspecified atom stereocenters. The van der Waals surface area contributed by atoms with Crippen LogP contribution in [0.15, 0.2) is 28.9 Å². The third-order valence-electron chi connectivity index (χ3n) is 1.70. The summed E-state index contributed by atoms with van der Waals surface area (Å²) in [5, 5.41) is 9.99. The summed E-state index contributed by atoms with van der Waals surface area (Å²) in [7, 11) is 0. The van der Waals surface area contributed by atoms with E-state index in [4.69, 9.17) is 21.3 Å². The Labute approximate surface area is 74.0 Å². The Morgan fingerprint density at radius 3 is 2.92 bits per heavy atom. The summed E-state index contributed by atoms with van der Waals surface area (Å²) in [6.45, 7) is 0. The van der Waals surface area contributed by atoms with Crippen LogP contribution in [-0.2, 0) is 0 Å². The molecule has 1 heterocycles. The number of benzene rings is 1. The first kappa shape index (κ1) is 7.20. The van der Waals surface area contributed by atoms with Crippen LogP contribution in [0.1, 0.15) is 5.56 Å². The summed E-state index contributed by atoms with van der Waals surface area (Å²) in [5.41, 5.74) is 1.17. The van der Waals surface area contributed by atoms with Crippen molar-refractivity contribution in [3.05, 3.63) is 35.0 Å². The SMILES string of the molecule is N#Cc1c(Cl)ccc2occc12. The maximum Gasteiger partial charge on any atom is 0.135 e. The quantitative estimate of drug-likeness (QED) is 0.620. The summed E-state index contributed by atoms with van der Waals surface area (Å²) in [5.74, 6) is 0. The van der Waals surface area contributed by atoms with Crippen LogP contribution in [0.5, 0.6) is 0 Å². The Morgan fingerprint density at radius 1 is 1.33 bits per heavy atom. The van der Waals surface area contributed by atoms with E-state index in [-0.39, 0.29) is 0 Å². The van der Waals surface area contributed by atoms with E-state index in [0.717, 1.165) is 5.39 Å². The predicted octanol–water partition coefficient (Wildman–Crippen LogP) is 2.96. The first-order valence-electron chi connectivity index (χ1n) is 3.39. The van der Waals surface area contributed by atoms with Gasteiger partial charge in [-0.2, -0.15) is 5.26 Å². The second-order valence-electron chi connectivity index (χ2n) is 2.37. The molecule has 0 saturated heterocycles. The van der Waals surface area contributed by atoms with Gasteiger partial charge in [0.05, 0.1) is 16.8 Å². The van der Waals surface area contributed by atoms with Gasteiger partial charge in [-0.05, 0) is 18.2 Å². The van der Waals surface area contributed by atoms with Crippen molar-refractivity contribution in [3.63, 3.8) is 0 Å². The molecular weight excluding hydrogens is 174 g/mol. The zero-order chi connectivity index (χ0) is 8.55. The van der Waals surface area contributed by atoms with E-state index < -0.39 is 0 Å². The van der Waals surface area contributed by atoms with Gasteiger partial charge in [0.25, 0.3) is 0 Å². The normalized spacial score (nSPS) is 10.0. The summed E-state index contributed by atoms with van der Waals surface area (Å²) in [6.07, 6.45) is 1.54. The number of hydrogen-bond acceptors (Lipinski definition) is 2. The maximum absolute atomic E-state index is 8.76. The van der Waals surface area contributed by atoms with Crippen LogP contribution in [0.4, 0.5) is 0 Å². The van der Waals surface area contributed by atoms with E-state index >= 15 is 0 Å². The van der Waals surface area contributed by atoms with Gasteiger partial charge >= 0.3 is 0 Å². The fourth-order valence-corrected chi connectivity index (χ4v) is 1.34. The third kappa shape index (κ3) is 0.876. The lowest BCUT2D eigenvalue weighted by Gasteiger charge is -1.93. The van der Waals surface area contributed by atoms with Crippen molar-refractivity contribution < 1.29 is 4.42 Å². The highest BCUT2D eigenvalue weighted by atomic mass is 35.5. The van der Waals surface area contributed by atoms with Gasteiger partial charge in [-0.3, -0.25) is 0 Å². The minimum atomic E-state index is 0.464.